The van der Waals surface area contributed by atoms with Gasteiger partial charge in [0.05, 0.1) is 0 Å². The molecular weight excluding hydrogens is 130 g/mol. The van der Waals surface area contributed by atoms with E-state index in [9.17, 15) is 4.79 Å². The maximum atomic E-state index is 10.4. The zero-order chi connectivity index (χ0) is 7.98. The molecule has 0 bridgehead atoms. The molecule has 2 amide bonds. The Kier molecular flexibility index (Phi) is 4.66. The molecule has 0 aromatic heterocycles. The van der Waals surface area contributed by atoms with Gasteiger partial charge in [-0.05, 0) is 20.0 Å². The molecule has 0 unspecified atom stereocenters. The summed E-state index contributed by atoms with van der Waals surface area (Å²) < 4.78 is 0. The Labute approximate surface area is 61.4 Å². The smallest absolute Gasteiger partial charge is 0.314 e. The van der Waals surface area contributed by atoms with Gasteiger partial charge in [-0.2, -0.15) is 0 Å². The van der Waals surface area contributed by atoms with Gasteiger partial charge in [0.15, 0.2) is 0 Å². The number of urea groups is 1. The summed E-state index contributed by atoms with van der Waals surface area (Å²) in [5.41, 5.74) is 4.98. The van der Waals surface area contributed by atoms with Gasteiger partial charge in [-0.1, -0.05) is 0 Å². The Bertz CT molecular complexity index is 105. The second-order valence-corrected chi connectivity index (χ2v) is 2.22. The highest BCUT2D eigenvalue weighted by molar-refractivity contribution is 5.71. The van der Waals surface area contributed by atoms with Gasteiger partial charge in [0.25, 0.3) is 0 Å². The summed E-state index contributed by atoms with van der Waals surface area (Å²) in [6.45, 7) is 1.63. The third-order valence-electron chi connectivity index (χ3n) is 1.30. The van der Waals surface area contributed by atoms with Crippen molar-refractivity contribution in [3.8, 4) is 0 Å². The van der Waals surface area contributed by atoms with Crippen molar-refractivity contribution >= 4 is 6.03 Å². The predicted octanol–water partition coefficient (Wildman–Crippen LogP) is -0.394. The van der Waals surface area contributed by atoms with Gasteiger partial charge in [0.2, 0.25) is 0 Å². The van der Waals surface area contributed by atoms with Gasteiger partial charge >= 0.3 is 6.03 Å². The third-order valence-corrected chi connectivity index (χ3v) is 1.30. The van der Waals surface area contributed by atoms with Crippen LogP contribution in [0.5, 0.6) is 0 Å². The van der Waals surface area contributed by atoms with Crippen molar-refractivity contribution in [2.75, 3.05) is 27.2 Å². The van der Waals surface area contributed by atoms with E-state index >= 15 is 0 Å². The first-order valence-corrected chi connectivity index (χ1v) is 3.33. The van der Waals surface area contributed by atoms with Crippen molar-refractivity contribution < 1.29 is 4.79 Å². The normalized spacial score (nSPS) is 9.40. The molecule has 0 fully saturated rings. The minimum atomic E-state index is -0.365. The largest absolute Gasteiger partial charge is 0.351 e. The van der Waals surface area contributed by atoms with Crippen molar-refractivity contribution in [1.29, 1.82) is 0 Å². The Morgan fingerprint density at radius 1 is 1.70 bits per heavy atom. The molecule has 0 spiro atoms. The zero-order valence-corrected chi connectivity index (χ0v) is 6.55. The summed E-state index contributed by atoms with van der Waals surface area (Å²) in [7, 11) is 3.57. The van der Waals surface area contributed by atoms with Gasteiger partial charge in [-0.15, -0.1) is 0 Å². The van der Waals surface area contributed by atoms with Crippen LogP contribution in [0.2, 0.25) is 0 Å². The molecule has 0 saturated carbocycles. The molecule has 4 heteroatoms. The number of primary amides is 1. The molecule has 0 atom stereocenters. The maximum absolute atomic E-state index is 10.4. The van der Waals surface area contributed by atoms with E-state index in [2.05, 4.69) is 5.32 Å². The molecule has 3 N–H and O–H groups in total. The highest BCUT2D eigenvalue weighted by atomic mass is 16.2. The molecular formula is C6H15N3O. The van der Waals surface area contributed by atoms with Crippen molar-refractivity contribution in [3.63, 3.8) is 0 Å². The fourth-order valence-corrected chi connectivity index (χ4v) is 0.603. The minimum Gasteiger partial charge on any atom is -0.351 e. The molecule has 10 heavy (non-hydrogen) atoms. The molecule has 4 nitrogen and oxygen atoms in total. The van der Waals surface area contributed by atoms with Crippen LogP contribution in [0.15, 0.2) is 0 Å². The van der Waals surface area contributed by atoms with E-state index < -0.39 is 0 Å². The highest BCUT2D eigenvalue weighted by Crippen LogP contribution is 1.83. The first-order chi connectivity index (χ1) is 4.68. The predicted molar refractivity (Wildman–Crippen MR) is 40.8 cm³/mol. The lowest BCUT2D eigenvalue weighted by molar-refractivity contribution is 0.218. The second kappa shape index (κ2) is 5.05. The molecule has 0 radical (unpaired) electrons. The van der Waals surface area contributed by atoms with Crippen LogP contribution in [0.3, 0.4) is 0 Å². The van der Waals surface area contributed by atoms with E-state index in [1.807, 2.05) is 7.05 Å². The summed E-state index contributed by atoms with van der Waals surface area (Å²) in [6.07, 6.45) is 0.940. The van der Waals surface area contributed by atoms with Gasteiger partial charge in [0, 0.05) is 13.6 Å². The molecule has 60 valence electrons. The number of carbonyl (C=O) groups excluding carboxylic acids is 1. The molecule has 0 aromatic rings. The lowest BCUT2D eigenvalue weighted by Crippen LogP contribution is -2.33. The number of hydrogen-bond acceptors (Lipinski definition) is 2. The van der Waals surface area contributed by atoms with Crippen LogP contribution < -0.4 is 11.1 Å². The SMILES string of the molecule is CNCCCN(C)C(N)=O. The summed E-state index contributed by atoms with van der Waals surface area (Å²) in [5, 5.41) is 2.98. The number of amides is 2. The summed E-state index contributed by atoms with van der Waals surface area (Å²) >= 11 is 0. The van der Waals surface area contributed by atoms with Crippen LogP contribution in [-0.4, -0.2) is 38.1 Å². The number of nitrogens with one attached hydrogen (secondary N) is 1. The molecule has 0 rings (SSSR count). The van der Waals surface area contributed by atoms with Gasteiger partial charge in [-0.3, -0.25) is 0 Å². The highest BCUT2D eigenvalue weighted by Gasteiger charge is 1.99. The van der Waals surface area contributed by atoms with E-state index in [0.717, 1.165) is 19.5 Å². The summed E-state index contributed by atoms with van der Waals surface area (Å²) in [5.74, 6) is 0. The Morgan fingerprint density at radius 3 is 2.70 bits per heavy atom. The number of nitrogens with two attached hydrogens (primary N) is 1. The number of rotatable bonds is 4. The van der Waals surface area contributed by atoms with E-state index in [1.165, 1.54) is 4.90 Å². The minimum absolute atomic E-state index is 0.365. The van der Waals surface area contributed by atoms with Crippen molar-refractivity contribution in [1.82, 2.24) is 10.2 Å². The summed E-state index contributed by atoms with van der Waals surface area (Å²) in [6, 6.07) is -0.365. The fraction of sp³-hybridized carbons (Fsp3) is 0.833. The Hall–Kier alpha value is -0.770. The average molecular weight is 145 g/mol. The maximum Gasteiger partial charge on any atom is 0.314 e. The van der Waals surface area contributed by atoms with Crippen molar-refractivity contribution in [2.45, 2.75) is 6.42 Å². The fourth-order valence-electron chi connectivity index (χ4n) is 0.603. The lowest BCUT2D eigenvalue weighted by Gasteiger charge is -2.12. The van der Waals surface area contributed by atoms with E-state index in [0.29, 0.717) is 0 Å². The average Bonchev–Trinajstić information content (AvgIpc) is 1.88. The van der Waals surface area contributed by atoms with E-state index in [1.54, 1.807) is 7.05 Å². The van der Waals surface area contributed by atoms with Gasteiger partial charge in [0.1, 0.15) is 0 Å². The van der Waals surface area contributed by atoms with E-state index in [-0.39, 0.29) is 6.03 Å². The zero-order valence-electron chi connectivity index (χ0n) is 6.55. The molecule has 0 aliphatic heterocycles. The molecule has 0 aliphatic rings. The van der Waals surface area contributed by atoms with Crippen LogP contribution >= 0.6 is 0 Å². The molecule has 0 heterocycles. The molecule has 0 saturated heterocycles. The first kappa shape index (κ1) is 9.23. The van der Waals surface area contributed by atoms with E-state index in [4.69, 9.17) is 5.73 Å². The number of nitrogens with zero attached hydrogens (tertiary/aromatic N) is 1. The Morgan fingerprint density at radius 2 is 2.30 bits per heavy atom. The van der Waals surface area contributed by atoms with Gasteiger partial charge in [-0.25, -0.2) is 4.79 Å². The third kappa shape index (κ3) is 4.14. The second-order valence-electron chi connectivity index (χ2n) is 2.22. The van der Waals surface area contributed by atoms with Crippen LogP contribution in [-0.2, 0) is 0 Å². The number of carbonyl (C=O) groups is 1. The van der Waals surface area contributed by atoms with Crippen LogP contribution in [0, 0.1) is 0 Å². The number of hydrogen-bond donors (Lipinski definition) is 2. The van der Waals surface area contributed by atoms with Crippen LogP contribution in [0.1, 0.15) is 6.42 Å². The topological polar surface area (TPSA) is 58.4 Å². The standard InChI is InChI=1S/C6H15N3O/c1-8-4-3-5-9(2)6(7)10/h8H,3-5H2,1-2H3,(H2,7,10). The quantitative estimate of drug-likeness (QED) is 0.529. The Balaban J connectivity index is 3.21. The van der Waals surface area contributed by atoms with Gasteiger partial charge < -0.3 is 16.0 Å². The monoisotopic (exact) mass is 145 g/mol. The first-order valence-electron chi connectivity index (χ1n) is 3.33. The van der Waals surface area contributed by atoms with Crippen molar-refractivity contribution in [3.05, 3.63) is 0 Å². The van der Waals surface area contributed by atoms with Crippen molar-refractivity contribution in [2.24, 2.45) is 5.73 Å². The van der Waals surface area contributed by atoms with Crippen LogP contribution in [0.4, 0.5) is 4.79 Å². The molecule has 0 aliphatic carbocycles. The lowest BCUT2D eigenvalue weighted by atomic mass is 10.4. The summed E-state index contributed by atoms with van der Waals surface area (Å²) in [4.78, 5) is 11.9. The van der Waals surface area contributed by atoms with Crippen LogP contribution in [0.25, 0.3) is 0 Å². The molecule has 0 aromatic carbocycles.